The summed E-state index contributed by atoms with van der Waals surface area (Å²) < 4.78 is 0. The molecular weight excluding hydrogens is 382 g/mol. The number of hydrogen-bond donors (Lipinski definition) is 1. The maximum Gasteiger partial charge on any atom is 0.225 e. The molecule has 5 heteroatoms. The Balaban J connectivity index is 1.51. The summed E-state index contributed by atoms with van der Waals surface area (Å²) in [7, 11) is 0. The molecule has 31 heavy (non-hydrogen) atoms. The van der Waals surface area contributed by atoms with Crippen molar-refractivity contribution in [3.8, 4) is 0 Å². The van der Waals surface area contributed by atoms with Crippen LogP contribution in [0.25, 0.3) is 0 Å². The lowest BCUT2D eigenvalue weighted by Crippen LogP contribution is -2.44. The van der Waals surface area contributed by atoms with Crippen molar-refractivity contribution >= 4 is 11.8 Å². The van der Waals surface area contributed by atoms with Crippen LogP contribution in [0.3, 0.4) is 0 Å². The molecule has 4 rings (SSSR count). The molecule has 0 bridgehead atoms. The second-order valence-electron chi connectivity index (χ2n) is 10.2. The zero-order valence-electron chi connectivity index (χ0n) is 20.2. The summed E-state index contributed by atoms with van der Waals surface area (Å²) in [5.74, 6) is 2.99. The van der Waals surface area contributed by atoms with Crippen LogP contribution in [-0.2, 0) is 12.8 Å². The highest BCUT2D eigenvalue weighted by atomic mass is 15.3. The molecule has 1 aromatic rings. The molecule has 1 N–H and O–H groups in total. The molecule has 0 amide bonds. The fraction of sp³-hybridized carbons (Fsp3) is 0.846. The Kier molecular flexibility index (Phi) is 8.46. The van der Waals surface area contributed by atoms with E-state index in [1.807, 2.05) is 0 Å². The van der Waals surface area contributed by atoms with E-state index in [2.05, 4.69) is 29.0 Å². The minimum atomic E-state index is 0.476. The number of nitrogens with one attached hydrogen (secondary N) is 1. The van der Waals surface area contributed by atoms with E-state index in [1.165, 1.54) is 101 Å². The van der Waals surface area contributed by atoms with Gasteiger partial charge in [-0.3, -0.25) is 0 Å². The van der Waals surface area contributed by atoms with Crippen LogP contribution in [0, 0.1) is 5.92 Å². The summed E-state index contributed by atoms with van der Waals surface area (Å²) in [6.07, 6.45) is 16.6. The molecule has 1 aliphatic carbocycles. The third-order valence-electron chi connectivity index (χ3n) is 7.83. The zero-order valence-corrected chi connectivity index (χ0v) is 20.2. The number of nitrogens with zero attached hydrogens (tertiary/aromatic N) is 4. The molecule has 3 aliphatic rings. The minimum Gasteiger partial charge on any atom is -0.356 e. The summed E-state index contributed by atoms with van der Waals surface area (Å²) >= 11 is 0. The Bertz CT molecular complexity index is 679. The molecule has 2 fully saturated rings. The van der Waals surface area contributed by atoms with Crippen molar-refractivity contribution in [2.24, 2.45) is 5.92 Å². The molecule has 3 heterocycles. The van der Waals surface area contributed by atoms with E-state index in [0.29, 0.717) is 6.04 Å². The first kappa shape index (κ1) is 22.8. The molecule has 0 saturated carbocycles. The second kappa shape index (κ2) is 11.5. The minimum absolute atomic E-state index is 0.476. The fourth-order valence-electron chi connectivity index (χ4n) is 5.79. The normalized spacial score (nSPS) is 23.3. The van der Waals surface area contributed by atoms with E-state index < -0.39 is 0 Å². The lowest BCUT2D eigenvalue weighted by atomic mass is 9.99. The first-order chi connectivity index (χ1) is 15.3. The topological polar surface area (TPSA) is 44.3 Å². The molecule has 1 atom stereocenters. The van der Waals surface area contributed by atoms with Crippen LogP contribution in [-0.4, -0.2) is 53.6 Å². The lowest BCUT2D eigenvalue weighted by molar-refractivity contribution is 0.181. The van der Waals surface area contributed by atoms with E-state index in [9.17, 15) is 0 Å². The molecule has 0 aromatic carbocycles. The smallest absolute Gasteiger partial charge is 0.225 e. The van der Waals surface area contributed by atoms with Gasteiger partial charge in [-0.1, -0.05) is 46.0 Å². The monoisotopic (exact) mass is 427 g/mol. The Labute approximate surface area is 190 Å². The standard InChI is InChI=1S/C26H45N5/c1-3-21(4-2)19-30-16-12-13-22(20-30)27-26-28-24-15-9-7-8-14-23(24)25(29-26)31-17-10-5-6-11-18-31/h21-22H,3-20H2,1-2H3,(H,27,28,29). The summed E-state index contributed by atoms with van der Waals surface area (Å²) in [6, 6.07) is 0.476. The van der Waals surface area contributed by atoms with Crippen LogP contribution >= 0.6 is 0 Å². The van der Waals surface area contributed by atoms with Crippen molar-refractivity contribution < 1.29 is 0 Å². The van der Waals surface area contributed by atoms with Gasteiger partial charge in [-0.2, -0.15) is 4.98 Å². The maximum atomic E-state index is 5.19. The van der Waals surface area contributed by atoms with E-state index >= 15 is 0 Å². The summed E-state index contributed by atoms with van der Waals surface area (Å²) in [4.78, 5) is 15.6. The molecule has 0 radical (unpaired) electrons. The van der Waals surface area contributed by atoms with Crippen molar-refractivity contribution in [3.63, 3.8) is 0 Å². The van der Waals surface area contributed by atoms with E-state index in [0.717, 1.165) is 44.3 Å². The van der Waals surface area contributed by atoms with Gasteiger partial charge in [-0.05, 0) is 63.8 Å². The highest BCUT2D eigenvalue weighted by Crippen LogP contribution is 2.30. The van der Waals surface area contributed by atoms with Crippen LogP contribution in [0.1, 0.15) is 95.7 Å². The lowest BCUT2D eigenvalue weighted by Gasteiger charge is -2.35. The number of piperidine rings is 1. The first-order valence-electron chi connectivity index (χ1n) is 13.4. The van der Waals surface area contributed by atoms with Crippen LogP contribution in [0.5, 0.6) is 0 Å². The van der Waals surface area contributed by atoms with Gasteiger partial charge in [-0.25, -0.2) is 4.98 Å². The molecule has 5 nitrogen and oxygen atoms in total. The van der Waals surface area contributed by atoms with Gasteiger partial charge in [0.1, 0.15) is 5.82 Å². The Morgan fingerprint density at radius 3 is 2.39 bits per heavy atom. The van der Waals surface area contributed by atoms with Gasteiger partial charge in [0.25, 0.3) is 0 Å². The van der Waals surface area contributed by atoms with Gasteiger partial charge in [0, 0.05) is 37.8 Å². The number of rotatable bonds is 7. The molecular formula is C26H45N5. The van der Waals surface area contributed by atoms with Gasteiger partial charge in [0.15, 0.2) is 0 Å². The third kappa shape index (κ3) is 6.12. The molecule has 1 aromatic heterocycles. The largest absolute Gasteiger partial charge is 0.356 e. The van der Waals surface area contributed by atoms with Crippen molar-refractivity contribution in [1.29, 1.82) is 0 Å². The Morgan fingerprint density at radius 1 is 0.871 bits per heavy atom. The number of fused-ring (bicyclic) bond motifs is 1. The SMILES string of the molecule is CCC(CC)CN1CCCC(Nc2nc3c(c(N4CCCCCC4)n2)CCCCC3)C1. The van der Waals surface area contributed by atoms with E-state index in [-0.39, 0.29) is 0 Å². The number of hydrogen-bond acceptors (Lipinski definition) is 5. The average molecular weight is 428 g/mol. The summed E-state index contributed by atoms with van der Waals surface area (Å²) in [5, 5.41) is 3.80. The van der Waals surface area contributed by atoms with Crippen LogP contribution in [0.2, 0.25) is 0 Å². The molecule has 174 valence electrons. The Hall–Kier alpha value is -1.36. The van der Waals surface area contributed by atoms with Crippen molar-refractivity contribution in [3.05, 3.63) is 11.3 Å². The van der Waals surface area contributed by atoms with Crippen molar-refractivity contribution in [1.82, 2.24) is 14.9 Å². The third-order valence-corrected chi connectivity index (χ3v) is 7.83. The average Bonchev–Trinajstić information content (AvgIpc) is 3.20. The van der Waals surface area contributed by atoms with Crippen molar-refractivity contribution in [2.75, 3.05) is 42.9 Å². The Morgan fingerprint density at radius 2 is 1.61 bits per heavy atom. The van der Waals surface area contributed by atoms with Crippen molar-refractivity contribution in [2.45, 2.75) is 103 Å². The maximum absolute atomic E-state index is 5.19. The van der Waals surface area contributed by atoms with Crippen LogP contribution in [0.4, 0.5) is 11.8 Å². The first-order valence-corrected chi connectivity index (χ1v) is 13.4. The number of likely N-dealkylation sites (tertiary alicyclic amines) is 1. The highest BCUT2D eigenvalue weighted by Gasteiger charge is 2.25. The van der Waals surface area contributed by atoms with Gasteiger partial charge >= 0.3 is 0 Å². The fourth-order valence-corrected chi connectivity index (χ4v) is 5.79. The number of anilines is 2. The summed E-state index contributed by atoms with van der Waals surface area (Å²) in [6.45, 7) is 10.6. The predicted octanol–water partition coefficient (Wildman–Crippen LogP) is 5.44. The quantitative estimate of drug-likeness (QED) is 0.587. The summed E-state index contributed by atoms with van der Waals surface area (Å²) in [5.41, 5.74) is 2.79. The van der Waals surface area contributed by atoms with Crippen LogP contribution < -0.4 is 10.2 Å². The van der Waals surface area contributed by atoms with Crippen LogP contribution in [0.15, 0.2) is 0 Å². The van der Waals surface area contributed by atoms with Gasteiger partial charge in [0.2, 0.25) is 5.95 Å². The number of aromatic nitrogens is 2. The molecule has 2 saturated heterocycles. The van der Waals surface area contributed by atoms with Gasteiger partial charge < -0.3 is 15.1 Å². The van der Waals surface area contributed by atoms with E-state index in [1.54, 1.807) is 0 Å². The highest BCUT2D eigenvalue weighted by molar-refractivity contribution is 5.53. The predicted molar refractivity (Wildman–Crippen MR) is 131 cm³/mol. The zero-order chi connectivity index (χ0) is 21.5. The van der Waals surface area contributed by atoms with E-state index in [4.69, 9.17) is 9.97 Å². The number of aryl methyl sites for hydroxylation is 1. The molecule has 1 unspecified atom stereocenters. The second-order valence-corrected chi connectivity index (χ2v) is 10.2. The molecule has 2 aliphatic heterocycles. The van der Waals surface area contributed by atoms with Gasteiger partial charge in [0.05, 0.1) is 5.69 Å². The van der Waals surface area contributed by atoms with Gasteiger partial charge in [-0.15, -0.1) is 0 Å². The molecule has 0 spiro atoms.